The van der Waals surface area contributed by atoms with Crippen molar-refractivity contribution in [3.05, 3.63) is 55.7 Å². The van der Waals surface area contributed by atoms with Crippen LogP contribution in [0.25, 0.3) is 0 Å². The van der Waals surface area contributed by atoms with Crippen molar-refractivity contribution in [2.24, 2.45) is 0 Å². The second kappa shape index (κ2) is 8.27. The molecule has 0 saturated carbocycles. The van der Waals surface area contributed by atoms with E-state index in [-0.39, 0.29) is 12.3 Å². The molecule has 3 rings (SSSR count). The topological polar surface area (TPSA) is 47.6 Å². The summed E-state index contributed by atoms with van der Waals surface area (Å²) in [5, 5.41) is 0.616. The summed E-state index contributed by atoms with van der Waals surface area (Å²) >= 11 is 14.1. The Labute approximate surface area is 170 Å². The van der Waals surface area contributed by atoms with Crippen molar-refractivity contribution in [1.29, 1.82) is 0 Å². The number of benzene rings is 1. The number of hydrogen-bond donors (Lipinski definition) is 1. The van der Waals surface area contributed by atoms with Crippen molar-refractivity contribution in [1.82, 2.24) is 4.72 Å². The van der Waals surface area contributed by atoms with Gasteiger partial charge in [0.15, 0.2) is 6.29 Å². The molecule has 26 heavy (non-hydrogen) atoms. The van der Waals surface area contributed by atoms with E-state index in [0.717, 1.165) is 16.0 Å². The van der Waals surface area contributed by atoms with Crippen molar-refractivity contribution >= 4 is 45.5 Å². The van der Waals surface area contributed by atoms with Crippen LogP contribution in [0.15, 0.2) is 30.3 Å². The van der Waals surface area contributed by atoms with Crippen LogP contribution in [0.2, 0.25) is 9.36 Å². The fraction of sp³-hybridized carbons (Fsp3) is 0.444. The summed E-state index contributed by atoms with van der Waals surface area (Å²) in [7, 11) is -1.29. The molecular weight excluding hydrogens is 413 g/mol. The third kappa shape index (κ3) is 4.68. The Morgan fingerprint density at radius 1 is 1.23 bits per heavy atom. The normalized spacial score (nSPS) is 18.2. The van der Waals surface area contributed by atoms with Crippen molar-refractivity contribution in [2.45, 2.75) is 37.9 Å². The maximum Gasteiger partial charge on any atom is 0.193 e. The van der Waals surface area contributed by atoms with Crippen molar-refractivity contribution in [3.8, 4) is 0 Å². The van der Waals surface area contributed by atoms with E-state index in [9.17, 15) is 4.21 Å². The molecule has 2 unspecified atom stereocenters. The lowest BCUT2D eigenvalue weighted by Gasteiger charge is -2.24. The molecule has 1 aliphatic rings. The molecule has 2 aromatic rings. The average molecular weight is 434 g/mol. The SMILES string of the molecule is CC(C)(C)S(=O)NC(c1cccc(Cl)c1)c1cc(C2OCCO2)sc1Cl. The Morgan fingerprint density at radius 2 is 1.92 bits per heavy atom. The molecule has 0 aliphatic carbocycles. The van der Waals surface area contributed by atoms with Crippen LogP contribution in [0.4, 0.5) is 0 Å². The summed E-state index contributed by atoms with van der Waals surface area (Å²) in [6.07, 6.45) is -0.389. The van der Waals surface area contributed by atoms with Gasteiger partial charge in [-0.3, -0.25) is 0 Å². The van der Waals surface area contributed by atoms with E-state index < -0.39 is 15.7 Å². The Bertz CT molecular complexity index is 798. The summed E-state index contributed by atoms with van der Waals surface area (Å²) < 4.78 is 27.3. The van der Waals surface area contributed by atoms with Gasteiger partial charge < -0.3 is 9.47 Å². The number of rotatable bonds is 5. The third-order valence-corrected chi connectivity index (χ3v) is 7.07. The highest BCUT2D eigenvalue weighted by Crippen LogP contribution is 2.40. The number of ether oxygens (including phenoxy) is 2. The smallest absolute Gasteiger partial charge is 0.193 e. The Morgan fingerprint density at radius 3 is 2.54 bits per heavy atom. The van der Waals surface area contributed by atoms with E-state index in [2.05, 4.69) is 4.72 Å². The van der Waals surface area contributed by atoms with E-state index in [0.29, 0.717) is 22.6 Å². The van der Waals surface area contributed by atoms with Gasteiger partial charge in [0.2, 0.25) is 0 Å². The molecule has 0 bridgehead atoms. The van der Waals surface area contributed by atoms with Gasteiger partial charge in [0.1, 0.15) is 0 Å². The van der Waals surface area contributed by atoms with E-state index in [1.807, 2.05) is 51.1 Å². The molecule has 142 valence electrons. The Balaban J connectivity index is 1.99. The highest BCUT2D eigenvalue weighted by molar-refractivity contribution is 7.84. The van der Waals surface area contributed by atoms with Gasteiger partial charge in [-0.1, -0.05) is 35.3 Å². The fourth-order valence-corrected chi connectivity index (χ4v) is 4.90. The van der Waals surface area contributed by atoms with Crippen LogP contribution in [0.1, 0.15) is 49.1 Å². The van der Waals surface area contributed by atoms with Gasteiger partial charge in [-0.2, -0.15) is 0 Å². The zero-order valence-electron chi connectivity index (χ0n) is 14.8. The first-order valence-corrected chi connectivity index (χ1v) is 10.9. The third-order valence-electron chi connectivity index (χ3n) is 3.86. The Hall–Kier alpha value is -0.470. The highest BCUT2D eigenvalue weighted by Gasteiger charge is 2.29. The minimum Gasteiger partial charge on any atom is -0.345 e. The van der Waals surface area contributed by atoms with Gasteiger partial charge in [-0.15, -0.1) is 11.3 Å². The average Bonchev–Trinajstić information content (AvgIpc) is 3.21. The van der Waals surface area contributed by atoms with Gasteiger partial charge in [0.05, 0.1) is 44.2 Å². The first kappa shape index (κ1) is 20.3. The van der Waals surface area contributed by atoms with Crippen LogP contribution in [0.5, 0.6) is 0 Å². The molecule has 1 aromatic carbocycles. The zero-order valence-corrected chi connectivity index (χ0v) is 17.9. The maximum absolute atomic E-state index is 12.8. The van der Waals surface area contributed by atoms with Crippen LogP contribution in [-0.4, -0.2) is 22.2 Å². The Kier molecular flexibility index (Phi) is 6.45. The number of nitrogens with one attached hydrogen (secondary N) is 1. The van der Waals surface area contributed by atoms with Crippen LogP contribution < -0.4 is 4.72 Å². The maximum atomic E-state index is 12.8. The second-order valence-electron chi connectivity index (χ2n) is 6.94. The lowest BCUT2D eigenvalue weighted by Crippen LogP contribution is -2.36. The van der Waals surface area contributed by atoms with E-state index >= 15 is 0 Å². The van der Waals surface area contributed by atoms with E-state index in [1.165, 1.54) is 11.3 Å². The zero-order chi connectivity index (χ0) is 18.9. The van der Waals surface area contributed by atoms with Crippen molar-refractivity contribution in [3.63, 3.8) is 0 Å². The summed E-state index contributed by atoms with van der Waals surface area (Å²) in [5.74, 6) is 0. The molecule has 2 heterocycles. The fourth-order valence-electron chi connectivity index (χ4n) is 2.52. The second-order valence-corrected chi connectivity index (χ2v) is 11.1. The summed E-state index contributed by atoms with van der Waals surface area (Å²) in [5.41, 5.74) is 1.74. The minimum absolute atomic E-state index is 0.354. The van der Waals surface area contributed by atoms with Gasteiger partial charge in [0, 0.05) is 10.6 Å². The van der Waals surface area contributed by atoms with Crippen LogP contribution in [-0.2, 0) is 20.5 Å². The molecule has 0 spiro atoms. The monoisotopic (exact) mass is 433 g/mol. The molecule has 4 nitrogen and oxygen atoms in total. The molecule has 2 atom stereocenters. The molecule has 1 N–H and O–H groups in total. The standard InChI is InChI=1S/C18H21Cl2NO3S2/c1-18(2,3)26(22)21-15(11-5-4-6-12(19)9-11)13-10-14(25-16(13)20)17-23-7-8-24-17/h4-6,9-10,15,17,21H,7-8H2,1-3H3. The largest absolute Gasteiger partial charge is 0.345 e. The lowest BCUT2D eigenvalue weighted by molar-refractivity contribution is -0.0413. The quantitative estimate of drug-likeness (QED) is 0.700. The lowest BCUT2D eigenvalue weighted by atomic mass is 10.0. The summed E-state index contributed by atoms with van der Waals surface area (Å²) in [4.78, 5) is 0.901. The first-order valence-electron chi connectivity index (χ1n) is 8.21. The van der Waals surface area contributed by atoms with E-state index in [1.54, 1.807) is 0 Å². The van der Waals surface area contributed by atoms with Crippen molar-refractivity contribution < 1.29 is 13.7 Å². The molecule has 8 heteroatoms. The van der Waals surface area contributed by atoms with E-state index in [4.69, 9.17) is 32.7 Å². The first-order chi connectivity index (χ1) is 12.3. The van der Waals surface area contributed by atoms with Gasteiger partial charge in [0.25, 0.3) is 0 Å². The molecule has 1 aliphatic heterocycles. The van der Waals surface area contributed by atoms with Crippen LogP contribution in [0.3, 0.4) is 0 Å². The van der Waals surface area contributed by atoms with Gasteiger partial charge in [-0.05, 0) is 44.5 Å². The molecule has 0 radical (unpaired) electrons. The number of hydrogen-bond acceptors (Lipinski definition) is 4. The number of thiophene rings is 1. The molecule has 1 saturated heterocycles. The van der Waals surface area contributed by atoms with Crippen LogP contribution >= 0.6 is 34.5 Å². The summed E-state index contributed by atoms with van der Waals surface area (Å²) in [6, 6.07) is 9.09. The summed E-state index contributed by atoms with van der Waals surface area (Å²) in [6.45, 7) is 6.91. The minimum atomic E-state index is -1.29. The highest BCUT2D eigenvalue weighted by atomic mass is 35.5. The molecular formula is C18H21Cl2NO3S2. The van der Waals surface area contributed by atoms with Crippen LogP contribution in [0, 0.1) is 0 Å². The van der Waals surface area contributed by atoms with Gasteiger partial charge >= 0.3 is 0 Å². The predicted octanol–water partition coefficient (Wildman–Crippen LogP) is 5.24. The van der Waals surface area contributed by atoms with Crippen molar-refractivity contribution in [2.75, 3.05) is 13.2 Å². The number of halogens is 2. The predicted molar refractivity (Wildman–Crippen MR) is 108 cm³/mol. The molecule has 0 amide bonds. The molecule has 1 fully saturated rings. The molecule has 1 aromatic heterocycles. The van der Waals surface area contributed by atoms with Gasteiger partial charge in [-0.25, -0.2) is 8.93 Å².